The number of hydrogen-bond acceptors (Lipinski definition) is 2. The summed E-state index contributed by atoms with van der Waals surface area (Å²) in [6.07, 6.45) is 0.585. The summed E-state index contributed by atoms with van der Waals surface area (Å²) in [7, 11) is 3.17. The van der Waals surface area contributed by atoms with Crippen LogP contribution < -0.4 is 11.2 Å². The molecule has 4 heteroatoms. The molecule has 0 fully saturated rings. The highest BCUT2D eigenvalue weighted by Crippen LogP contribution is 2.07. The van der Waals surface area contributed by atoms with Gasteiger partial charge in [0.1, 0.15) is 0 Å². The van der Waals surface area contributed by atoms with Crippen LogP contribution in [0.1, 0.15) is 16.8 Å². The van der Waals surface area contributed by atoms with E-state index in [1.54, 1.807) is 7.05 Å². The SMILES string of the molecule is Cc1ccc(Cc2cc(=O)n(C)c(=O)n2C)cc1. The first-order valence-electron chi connectivity index (χ1n) is 5.80. The Bertz CT molecular complexity index is 678. The van der Waals surface area contributed by atoms with Crippen LogP contribution in [-0.4, -0.2) is 9.13 Å². The molecule has 0 saturated carbocycles. The average molecular weight is 244 g/mol. The van der Waals surface area contributed by atoms with Crippen LogP contribution in [0.2, 0.25) is 0 Å². The van der Waals surface area contributed by atoms with Crippen LogP contribution >= 0.6 is 0 Å². The molecule has 1 aromatic heterocycles. The predicted molar refractivity (Wildman–Crippen MR) is 70.9 cm³/mol. The second kappa shape index (κ2) is 4.64. The highest BCUT2D eigenvalue weighted by atomic mass is 16.2. The Labute approximate surface area is 105 Å². The molecule has 0 aliphatic heterocycles. The third-order valence-corrected chi connectivity index (χ3v) is 3.13. The quantitative estimate of drug-likeness (QED) is 0.790. The highest BCUT2D eigenvalue weighted by Gasteiger charge is 2.06. The first-order chi connectivity index (χ1) is 8.49. The largest absolute Gasteiger partial charge is 0.330 e. The summed E-state index contributed by atoms with van der Waals surface area (Å²) in [6, 6.07) is 9.58. The van der Waals surface area contributed by atoms with Gasteiger partial charge in [-0.15, -0.1) is 0 Å². The molecular weight excluding hydrogens is 228 g/mol. The van der Waals surface area contributed by atoms with Gasteiger partial charge in [-0.2, -0.15) is 0 Å². The van der Waals surface area contributed by atoms with E-state index in [2.05, 4.69) is 0 Å². The molecule has 0 bridgehead atoms. The summed E-state index contributed by atoms with van der Waals surface area (Å²) < 4.78 is 2.62. The van der Waals surface area contributed by atoms with Gasteiger partial charge in [-0.1, -0.05) is 29.8 Å². The van der Waals surface area contributed by atoms with Gasteiger partial charge in [0.05, 0.1) is 0 Å². The summed E-state index contributed by atoms with van der Waals surface area (Å²) in [4.78, 5) is 23.4. The Hall–Kier alpha value is -2.10. The van der Waals surface area contributed by atoms with Crippen molar-refractivity contribution in [1.29, 1.82) is 0 Å². The first-order valence-corrected chi connectivity index (χ1v) is 5.80. The third kappa shape index (κ3) is 2.27. The fraction of sp³-hybridized carbons (Fsp3) is 0.286. The van der Waals surface area contributed by atoms with E-state index in [1.165, 1.54) is 23.2 Å². The van der Waals surface area contributed by atoms with E-state index in [0.29, 0.717) is 6.42 Å². The van der Waals surface area contributed by atoms with Crippen LogP contribution in [0.4, 0.5) is 0 Å². The lowest BCUT2D eigenvalue weighted by molar-refractivity contribution is 0.658. The van der Waals surface area contributed by atoms with Crippen molar-refractivity contribution in [3.8, 4) is 0 Å². The Balaban J connectivity index is 2.44. The van der Waals surface area contributed by atoms with Crippen LogP contribution in [0.3, 0.4) is 0 Å². The van der Waals surface area contributed by atoms with E-state index >= 15 is 0 Å². The Kier molecular flexibility index (Phi) is 3.19. The van der Waals surface area contributed by atoms with Gasteiger partial charge >= 0.3 is 5.69 Å². The summed E-state index contributed by atoms with van der Waals surface area (Å²) in [6.45, 7) is 2.03. The van der Waals surface area contributed by atoms with Crippen LogP contribution in [0.25, 0.3) is 0 Å². The molecule has 94 valence electrons. The van der Waals surface area contributed by atoms with Gasteiger partial charge in [0.25, 0.3) is 5.56 Å². The van der Waals surface area contributed by atoms with Crippen LogP contribution in [-0.2, 0) is 20.5 Å². The molecule has 0 unspecified atom stereocenters. The summed E-state index contributed by atoms with van der Waals surface area (Å²) >= 11 is 0. The summed E-state index contributed by atoms with van der Waals surface area (Å²) in [5.74, 6) is 0. The minimum atomic E-state index is -0.287. The fourth-order valence-electron chi connectivity index (χ4n) is 1.86. The maximum absolute atomic E-state index is 11.8. The minimum Gasteiger partial charge on any atom is -0.300 e. The molecule has 2 aromatic rings. The molecule has 1 aromatic carbocycles. The molecular formula is C14H16N2O2. The number of rotatable bonds is 2. The van der Waals surface area contributed by atoms with Crippen molar-refractivity contribution in [1.82, 2.24) is 9.13 Å². The molecule has 0 N–H and O–H groups in total. The molecule has 0 saturated heterocycles. The Morgan fingerprint density at radius 2 is 1.61 bits per heavy atom. The smallest absolute Gasteiger partial charge is 0.300 e. The monoisotopic (exact) mass is 244 g/mol. The highest BCUT2D eigenvalue weighted by molar-refractivity contribution is 5.25. The summed E-state index contributed by atoms with van der Waals surface area (Å²) in [5.41, 5.74) is 2.46. The normalized spacial score (nSPS) is 10.6. The topological polar surface area (TPSA) is 44.0 Å². The molecule has 0 atom stereocenters. The van der Waals surface area contributed by atoms with Crippen molar-refractivity contribution in [3.63, 3.8) is 0 Å². The average Bonchev–Trinajstić information content (AvgIpc) is 2.36. The third-order valence-electron chi connectivity index (χ3n) is 3.13. The molecule has 0 aliphatic carbocycles. The number of hydrogen-bond donors (Lipinski definition) is 0. The molecule has 0 amide bonds. The van der Waals surface area contributed by atoms with Crippen molar-refractivity contribution >= 4 is 0 Å². The molecule has 4 nitrogen and oxygen atoms in total. The maximum Gasteiger partial charge on any atom is 0.330 e. The first kappa shape index (κ1) is 12.4. The molecule has 2 rings (SSSR count). The molecule has 0 spiro atoms. The zero-order valence-electron chi connectivity index (χ0n) is 10.8. The number of aromatic nitrogens is 2. The van der Waals surface area contributed by atoms with E-state index in [4.69, 9.17) is 0 Å². The lowest BCUT2D eigenvalue weighted by atomic mass is 10.1. The van der Waals surface area contributed by atoms with E-state index in [1.807, 2.05) is 31.2 Å². The van der Waals surface area contributed by atoms with Crippen molar-refractivity contribution in [2.75, 3.05) is 0 Å². The van der Waals surface area contributed by atoms with Crippen molar-refractivity contribution in [2.24, 2.45) is 14.1 Å². The van der Waals surface area contributed by atoms with Crippen molar-refractivity contribution in [2.45, 2.75) is 13.3 Å². The van der Waals surface area contributed by atoms with Gasteiger partial charge in [-0.25, -0.2) is 4.79 Å². The molecule has 0 radical (unpaired) electrons. The fourth-order valence-corrected chi connectivity index (χ4v) is 1.86. The zero-order valence-corrected chi connectivity index (χ0v) is 10.8. The standard InChI is InChI=1S/C14H16N2O2/c1-10-4-6-11(7-5-10)8-12-9-13(17)16(3)14(18)15(12)2/h4-7,9H,8H2,1-3H3. The lowest BCUT2D eigenvalue weighted by Crippen LogP contribution is -2.38. The molecule has 18 heavy (non-hydrogen) atoms. The van der Waals surface area contributed by atoms with Gasteiger partial charge in [-0.05, 0) is 12.5 Å². The zero-order chi connectivity index (χ0) is 13.3. The van der Waals surface area contributed by atoms with Crippen molar-refractivity contribution < 1.29 is 0 Å². The number of nitrogens with zero attached hydrogens (tertiary/aromatic N) is 2. The predicted octanol–water partition coefficient (Wildman–Crippen LogP) is 0.983. The van der Waals surface area contributed by atoms with Gasteiger partial charge in [0.2, 0.25) is 0 Å². The number of benzene rings is 1. The van der Waals surface area contributed by atoms with Crippen LogP contribution in [0.15, 0.2) is 39.9 Å². The minimum absolute atomic E-state index is 0.264. The second-order valence-corrected chi connectivity index (χ2v) is 4.54. The second-order valence-electron chi connectivity index (χ2n) is 4.54. The van der Waals surface area contributed by atoms with E-state index in [-0.39, 0.29) is 11.2 Å². The van der Waals surface area contributed by atoms with Gasteiger partial charge in [0, 0.05) is 32.3 Å². The molecule has 1 heterocycles. The molecule has 0 aliphatic rings. The van der Waals surface area contributed by atoms with Gasteiger partial charge < -0.3 is 4.57 Å². The summed E-state index contributed by atoms with van der Waals surface area (Å²) in [5, 5.41) is 0. The van der Waals surface area contributed by atoms with Crippen LogP contribution in [0, 0.1) is 6.92 Å². The maximum atomic E-state index is 11.8. The van der Waals surface area contributed by atoms with Gasteiger partial charge in [-0.3, -0.25) is 9.36 Å². The van der Waals surface area contributed by atoms with E-state index < -0.39 is 0 Å². The van der Waals surface area contributed by atoms with E-state index in [9.17, 15) is 9.59 Å². The number of aryl methyl sites for hydroxylation is 1. The van der Waals surface area contributed by atoms with Gasteiger partial charge in [0.15, 0.2) is 0 Å². The van der Waals surface area contributed by atoms with Crippen molar-refractivity contribution in [3.05, 3.63) is 68.0 Å². The lowest BCUT2D eigenvalue weighted by Gasteiger charge is -2.09. The Morgan fingerprint density at radius 1 is 1.00 bits per heavy atom. The Morgan fingerprint density at radius 3 is 2.22 bits per heavy atom. The van der Waals surface area contributed by atoms with Crippen LogP contribution in [0.5, 0.6) is 0 Å². The van der Waals surface area contributed by atoms with E-state index in [0.717, 1.165) is 15.8 Å².